The highest BCUT2D eigenvalue weighted by Gasteiger charge is 2.21. The lowest BCUT2D eigenvalue weighted by Crippen LogP contribution is -2.42. The summed E-state index contributed by atoms with van der Waals surface area (Å²) in [5, 5.41) is 0. The molecule has 0 bridgehead atoms. The van der Waals surface area contributed by atoms with Crippen molar-refractivity contribution in [3.63, 3.8) is 0 Å². The molecule has 0 unspecified atom stereocenters. The molecule has 0 atom stereocenters. The largest absolute Gasteiger partial charge is 0.366 e. The van der Waals surface area contributed by atoms with Crippen molar-refractivity contribution in [3.05, 3.63) is 78.2 Å². The van der Waals surface area contributed by atoms with Crippen LogP contribution in [0.25, 0.3) is 28.2 Å². The third-order valence-electron chi connectivity index (χ3n) is 6.12. The number of hydrogen-bond acceptors (Lipinski definition) is 5. The molecule has 1 aliphatic rings. The predicted octanol–water partition coefficient (Wildman–Crippen LogP) is 3.15. The minimum atomic E-state index is -0.461. The number of nitrogens with two attached hydrogens (primary N) is 2. The smallest absolute Gasteiger partial charge is 0.253 e. The standard InChI is InChI=1S/C25H24N6O2.ClH/c26-20-9-11-30(12-10-20)25(33)19-7-1-16(2-8-19)21-15-31-22(13-29-23(31)14-28-21)17-3-5-18(6-4-17)24(27)32;/h1-8,13-15,20H,9-12,26H2,(H2,27,32);1H. The molecule has 4 N–H and O–H groups in total. The van der Waals surface area contributed by atoms with E-state index < -0.39 is 5.91 Å². The van der Waals surface area contributed by atoms with Gasteiger partial charge in [0.2, 0.25) is 5.91 Å². The van der Waals surface area contributed by atoms with Crippen LogP contribution >= 0.6 is 12.4 Å². The van der Waals surface area contributed by atoms with E-state index >= 15 is 0 Å². The minimum absolute atomic E-state index is 0. The zero-order valence-electron chi connectivity index (χ0n) is 18.4. The van der Waals surface area contributed by atoms with Gasteiger partial charge in [-0.15, -0.1) is 12.4 Å². The van der Waals surface area contributed by atoms with Gasteiger partial charge in [-0.3, -0.25) is 19.0 Å². The molecule has 2 aromatic heterocycles. The van der Waals surface area contributed by atoms with Gasteiger partial charge in [-0.25, -0.2) is 4.98 Å². The monoisotopic (exact) mass is 476 g/mol. The Kier molecular flexibility index (Phi) is 6.63. The maximum absolute atomic E-state index is 12.8. The molecule has 8 nitrogen and oxygen atoms in total. The maximum atomic E-state index is 12.8. The molecular weight excluding hydrogens is 452 g/mol. The van der Waals surface area contributed by atoms with Crippen molar-refractivity contribution in [2.45, 2.75) is 18.9 Å². The Balaban J connectivity index is 0.00000274. The first kappa shape index (κ1) is 23.4. The summed E-state index contributed by atoms with van der Waals surface area (Å²) in [5.41, 5.74) is 16.6. The Morgan fingerprint density at radius 2 is 1.47 bits per heavy atom. The van der Waals surface area contributed by atoms with Crippen molar-refractivity contribution < 1.29 is 9.59 Å². The highest BCUT2D eigenvalue weighted by molar-refractivity contribution is 5.95. The van der Waals surface area contributed by atoms with Crippen LogP contribution in [0.1, 0.15) is 33.6 Å². The molecule has 2 aromatic carbocycles. The zero-order valence-corrected chi connectivity index (χ0v) is 19.2. The summed E-state index contributed by atoms with van der Waals surface area (Å²) >= 11 is 0. The maximum Gasteiger partial charge on any atom is 0.253 e. The normalized spacial score (nSPS) is 14.1. The fraction of sp³-hybridized carbons (Fsp3) is 0.200. The van der Waals surface area contributed by atoms with Crippen molar-refractivity contribution >= 4 is 29.9 Å². The first-order valence-electron chi connectivity index (χ1n) is 10.9. The summed E-state index contributed by atoms with van der Waals surface area (Å²) < 4.78 is 1.96. The molecule has 1 aliphatic heterocycles. The first-order chi connectivity index (χ1) is 16.0. The number of imidazole rings is 1. The number of benzene rings is 2. The van der Waals surface area contributed by atoms with Gasteiger partial charge in [-0.1, -0.05) is 24.3 Å². The van der Waals surface area contributed by atoms with Crippen LogP contribution in [-0.4, -0.2) is 50.2 Å². The molecule has 1 saturated heterocycles. The van der Waals surface area contributed by atoms with E-state index in [9.17, 15) is 9.59 Å². The fourth-order valence-corrected chi connectivity index (χ4v) is 4.13. The molecule has 0 spiro atoms. The molecule has 4 aromatic rings. The highest BCUT2D eigenvalue weighted by atomic mass is 35.5. The van der Waals surface area contributed by atoms with Crippen molar-refractivity contribution in [3.8, 4) is 22.5 Å². The van der Waals surface area contributed by atoms with Gasteiger partial charge < -0.3 is 16.4 Å². The quantitative estimate of drug-likeness (QED) is 0.469. The lowest BCUT2D eigenvalue weighted by atomic mass is 10.0. The first-order valence-corrected chi connectivity index (χ1v) is 10.9. The lowest BCUT2D eigenvalue weighted by molar-refractivity contribution is 0.0714. The van der Waals surface area contributed by atoms with E-state index in [1.165, 1.54) is 0 Å². The number of carbonyl (C=O) groups excluding carboxylic acids is 2. The molecule has 0 radical (unpaired) electrons. The number of nitrogens with zero attached hydrogens (tertiary/aromatic N) is 4. The molecule has 3 heterocycles. The van der Waals surface area contributed by atoms with Crippen molar-refractivity contribution in [1.82, 2.24) is 19.3 Å². The van der Waals surface area contributed by atoms with Gasteiger partial charge in [0.1, 0.15) is 0 Å². The Hall–Kier alpha value is -3.75. The summed E-state index contributed by atoms with van der Waals surface area (Å²) in [6, 6.07) is 14.8. The Labute approximate surface area is 203 Å². The van der Waals surface area contributed by atoms with Crippen LogP contribution in [0.4, 0.5) is 0 Å². The molecule has 0 saturated carbocycles. The number of amides is 2. The Morgan fingerprint density at radius 1 is 0.853 bits per heavy atom. The number of hydrogen-bond donors (Lipinski definition) is 2. The second kappa shape index (κ2) is 9.62. The van der Waals surface area contributed by atoms with Crippen LogP contribution in [0.5, 0.6) is 0 Å². The molecule has 0 aliphatic carbocycles. The number of primary amides is 1. The van der Waals surface area contributed by atoms with Crippen LogP contribution in [0.15, 0.2) is 67.1 Å². The SMILES string of the molecule is Cl.NC(=O)c1ccc(-c2cnc3cnc(-c4ccc(C(=O)N5CCC(N)CC5)cc4)cn23)cc1. The molecule has 9 heteroatoms. The highest BCUT2D eigenvalue weighted by Crippen LogP contribution is 2.25. The van der Waals surface area contributed by atoms with E-state index in [0.29, 0.717) is 29.9 Å². The van der Waals surface area contributed by atoms with E-state index in [1.807, 2.05) is 51.9 Å². The van der Waals surface area contributed by atoms with Gasteiger partial charge in [-0.05, 0) is 37.1 Å². The lowest BCUT2D eigenvalue weighted by Gasteiger charge is -2.30. The number of piperidine rings is 1. The second-order valence-corrected chi connectivity index (χ2v) is 8.29. The summed E-state index contributed by atoms with van der Waals surface area (Å²) in [5.74, 6) is -0.426. The van der Waals surface area contributed by atoms with Gasteiger partial charge in [-0.2, -0.15) is 0 Å². The van der Waals surface area contributed by atoms with Crippen molar-refractivity contribution in [2.24, 2.45) is 11.5 Å². The predicted molar refractivity (Wildman–Crippen MR) is 133 cm³/mol. The Morgan fingerprint density at radius 3 is 2.12 bits per heavy atom. The van der Waals surface area contributed by atoms with Gasteiger partial charge in [0.15, 0.2) is 5.65 Å². The van der Waals surface area contributed by atoms with Crippen LogP contribution in [0, 0.1) is 0 Å². The molecular formula is C25H25ClN6O2. The van der Waals surface area contributed by atoms with Crippen LogP contribution in [0.2, 0.25) is 0 Å². The van der Waals surface area contributed by atoms with Crippen molar-refractivity contribution in [2.75, 3.05) is 13.1 Å². The minimum Gasteiger partial charge on any atom is -0.366 e. The van der Waals surface area contributed by atoms with Crippen LogP contribution in [0.3, 0.4) is 0 Å². The topological polar surface area (TPSA) is 120 Å². The molecule has 174 valence electrons. The summed E-state index contributed by atoms with van der Waals surface area (Å²) in [6.07, 6.45) is 7.08. The van der Waals surface area contributed by atoms with Crippen molar-refractivity contribution in [1.29, 1.82) is 0 Å². The average Bonchev–Trinajstić information content (AvgIpc) is 3.27. The van der Waals surface area contributed by atoms with E-state index in [-0.39, 0.29) is 24.4 Å². The van der Waals surface area contributed by atoms with Gasteiger partial charge >= 0.3 is 0 Å². The van der Waals surface area contributed by atoms with E-state index in [4.69, 9.17) is 11.5 Å². The van der Waals surface area contributed by atoms with Gasteiger partial charge in [0.05, 0.1) is 23.8 Å². The van der Waals surface area contributed by atoms with E-state index in [2.05, 4.69) is 9.97 Å². The van der Waals surface area contributed by atoms with Crippen LogP contribution in [-0.2, 0) is 0 Å². The third kappa shape index (κ3) is 4.50. The summed E-state index contributed by atoms with van der Waals surface area (Å²) in [4.78, 5) is 35.0. The zero-order chi connectivity index (χ0) is 22.9. The average molecular weight is 477 g/mol. The van der Waals surface area contributed by atoms with E-state index in [1.54, 1.807) is 24.5 Å². The molecule has 34 heavy (non-hydrogen) atoms. The second-order valence-electron chi connectivity index (χ2n) is 8.29. The Bertz CT molecular complexity index is 1330. The molecule has 5 rings (SSSR count). The number of likely N-dealkylation sites (tertiary alicyclic amines) is 1. The molecule has 2 amide bonds. The number of fused-ring (bicyclic) bond motifs is 1. The van der Waals surface area contributed by atoms with Gasteiger partial charge in [0, 0.05) is 47.6 Å². The van der Waals surface area contributed by atoms with Crippen LogP contribution < -0.4 is 11.5 Å². The van der Waals surface area contributed by atoms with Gasteiger partial charge in [0.25, 0.3) is 5.91 Å². The fourth-order valence-electron chi connectivity index (χ4n) is 4.13. The number of rotatable bonds is 4. The summed E-state index contributed by atoms with van der Waals surface area (Å²) in [7, 11) is 0. The summed E-state index contributed by atoms with van der Waals surface area (Å²) in [6.45, 7) is 1.40. The third-order valence-corrected chi connectivity index (χ3v) is 6.12. The number of aromatic nitrogens is 3. The number of halogens is 1. The van der Waals surface area contributed by atoms with E-state index in [0.717, 1.165) is 35.4 Å². The molecule has 1 fully saturated rings. The number of carbonyl (C=O) groups is 2.